The molecule has 1 aliphatic rings. The number of benzene rings is 6. The zero-order valence-corrected chi connectivity index (χ0v) is 22.5. The van der Waals surface area contributed by atoms with Gasteiger partial charge in [-0.15, -0.1) is 11.3 Å². The van der Waals surface area contributed by atoms with Crippen molar-refractivity contribution >= 4 is 64.2 Å². The molecule has 39 heavy (non-hydrogen) atoms. The Bertz CT molecular complexity index is 2310. The number of thiophene rings is 1. The van der Waals surface area contributed by atoms with Gasteiger partial charge in [0.25, 0.3) is 0 Å². The highest BCUT2D eigenvalue weighted by molar-refractivity contribution is 7.26. The maximum Gasteiger partial charge on any atom is 0.143 e. The van der Waals surface area contributed by atoms with Crippen LogP contribution in [0.25, 0.3) is 75.1 Å². The Morgan fingerprint density at radius 2 is 1.31 bits per heavy atom. The molecule has 9 rings (SSSR count). The molecule has 0 fully saturated rings. The molecule has 0 unspecified atom stereocenters. The van der Waals surface area contributed by atoms with Crippen LogP contribution in [0.4, 0.5) is 0 Å². The maximum absolute atomic E-state index is 6.55. The lowest BCUT2D eigenvalue weighted by molar-refractivity contribution is 0.660. The standard InChI is InChI=1S/C37H24OS/c1-37(2)30-12-6-3-9-22(30)23-16-15-21(19-31(23)37)28-20-29-25(34-27-11-5-8-14-33(27)39-36(28)34)17-18-26-24-10-4-7-13-32(24)38-35(26)29/h3-20H,1-2H3. The first-order valence-electron chi connectivity index (χ1n) is 13.5. The van der Waals surface area contributed by atoms with E-state index in [0.717, 1.165) is 11.2 Å². The van der Waals surface area contributed by atoms with E-state index >= 15 is 0 Å². The summed E-state index contributed by atoms with van der Waals surface area (Å²) in [5.74, 6) is 0. The van der Waals surface area contributed by atoms with Gasteiger partial charge in [0.1, 0.15) is 11.2 Å². The Hall–Kier alpha value is -4.40. The molecule has 0 spiro atoms. The number of hydrogen-bond acceptors (Lipinski definition) is 2. The molecule has 0 aliphatic heterocycles. The van der Waals surface area contributed by atoms with Gasteiger partial charge in [0.2, 0.25) is 0 Å². The Balaban J connectivity index is 1.42. The monoisotopic (exact) mass is 516 g/mol. The molecule has 0 amide bonds. The highest BCUT2D eigenvalue weighted by Gasteiger charge is 2.35. The van der Waals surface area contributed by atoms with Crippen molar-refractivity contribution in [3.8, 4) is 22.3 Å². The predicted molar refractivity (Wildman–Crippen MR) is 167 cm³/mol. The summed E-state index contributed by atoms with van der Waals surface area (Å²) >= 11 is 1.90. The molecule has 6 aromatic carbocycles. The Labute approximate surface area is 229 Å². The van der Waals surface area contributed by atoms with Gasteiger partial charge in [-0.1, -0.05) is 92.7 Å². The minimum absolute atomic E-state index is 0.0376. The zero-order chi connectivity index (χ0) is 25.9. The average Bonchev–Trinajstić information content (AvgIpc) is 3.61. The maximum atomic E-state index is 6.55. The zero-order valence-electron chi connectivity index (χ0n) is 21.7. The number of furan rings is 1. The lowest BCUT2D eigenvalue weighted by atomic mass is 9.81. The number of rotatable bonds is 1. The van der Waals surface area contributed by atoms with Gasteiger partial charge in [0.05, 0.1) is 0 Å². The van der Waals surface area contributed by atoms with E-state index in [9.17, 15) is 0 Å². The molecule has 1 aliphatic carbocycles. The van der Waals surface area contributed by atoms with E-state index < -0.39 is 0 Å². The van der Waals surface area contributed by atoms with E-state index in [1.54, 1.807) is 0 Å². The van der Waals surface area contributed by atoms with Crippen molar-refractivity contribution < 1.29 is 4.42 Å². The predicted octanol–water partition coefficient (Wildman–Crippen LogP) is 11.1. The summed E-state index contributed by atoms with van der Waals surface area (Å²) in [5.41, 5.74) is 9.94. The van der Waals surface area contributed by atoms with Crippen molar-refractivity contribution in [1.29, 1.82) is 0 Å². The fourth-order valence-corrected chi connectivity index (χ4v) is 8.22. The van der Waals surface area contributed by atoms with Crippen molar-refractivity contribution in [2.45, 2.75) is 19.3 Å². The summed E-state index contributed by atoms with van der Waals surface area (Å²) < 4.78 is 9.21. The Morgan fingerprint density at radius 1 is 0.564 bits per heavy atom. The fraction of sp³-hybridized carbons (Fsp3) is 0.0811. The first kappa shape index (κ1) is 21.5. The molecule has 184 valence electrons. The van der Waals surface area contributed by atoms with Crippen LogP contribution in [-0.2, 0) is 5.41 Å². The normalized spacial score (nSPS) is 14.1. The van der Waals surface area contributed by atoms with Gasteiger partial charge in [0.15, 0.2) is 0 Å². The van der Waals surface area contributed by atoms with E-state index in [-0.39, 0.29) is 5.41 Å². The highest BCUT2D eigenvalue weighted by atomic mass is 32.1. The van der Waals surface area contributed by atoms with E-state index in [2.05, 4.69) is 117 Å². The molecule has 2 heterocycles. The topological polar surface area (TPSA) is 13.1 Å². The van der Waals surface area contributed by atoms with Gasteiger partial charge in [-0.2, -0.15) is 0 Å². The highest BCUT2D eigenvalue weighted by Crippen LogP contribution is 2.51. The second kappa shape index (κ2) is 7.37. The fourth-order valence-electron chi connectivity index (χ4n) is 6.97. The van der Waals surface area contributed by atoms with Gasteiger partial charge >= 0.3 is 0 Å². The van der Waals surface area contributed by atoms with Gasteiger partial charge < -0.3 is 4.42 Å². The van der Waals surface area contributed by atoms with Crippen LogP contribution in [0.1, 0.15) is 25.0 Å². The van der Waals surface area contributed by atoms with Crippen molar-refractivity contribution in [2.24, 2.45) is 0 Å². The number of para-hydroxylation sites is 1. The number of hydrogen-bond donors (Lipinski definition) is 0. The lowest BCUT2D eigenvalue weighted by Crippen LogP contribution is -2.14. The molecule has 0 saturated heterocycles. The van der Waals surface area contributed by atoms with Crippen LogP contribution in [-0.4, -0.2) is 0 Å². The van der Waals surface area contributed by atoms with Crippen molar-refractivity contribution in [3.05, 3.63) is 120 Å². The molecule has 0 bridgehead atoms. The largest absolute Gasteiger partial charge is 0.455 e. The molecule has 0 saturated carbocycles. The lowest BCUT2D eigenvalue weighted by Gasteiger charge is -2.22. The average molecular weight is 517 g/mol. The molecule has 0 radical (unpaired) electrons. The summed E-state index contributed by atoms with van der Waals surface area (Å²) in [6.07, 6.45) is 0. The molecule has 2 aromatic heterocycles. The molecule has 8 aromatic rings. The van der Waals surface area contributed by atoms with Crippen LogP contribution in [0.15, 0.2) is 114 Å². The van der Waals surface area contributed by atoms with E-state index in [1.807, 2.05) is 17.4 Å². The van der Waals surface area contributed by atoms with Gasteiger partial charge in [-0.05, 0) is 63.5 Å². The third-order valence-corrected chi connectivity index (χ3v) is 10.1. The van der Waals surface area contributed by atoms with Crippen molar-refractivity contribution in [2.75, 3.05) is 0 Å². The van der Waals surface area contributed by atoms with Crippen LogP contribution < -0.4 is 0 Å². The van der Waals surface area contributed by atoms with Gasteiger partial charge in [-0.25, -0.2) is 0 Å². The van der Waals surface area contributed by atoms with Crippen LogP contribution in [0.3, 0.4) is 0 Å². The van der Waals surface area contributed by atoms with E-state index in [0.29, 0.717) is 0 Å². The van der Waals surface area contributed by atoms with Crippen LogP contribution >= 0.6 is 11.3 Å². The summed E-state index contributed by atoms with van der Waals surface area (Å²) in [7, 11) is 0. The third kappa shape index (κ3) is 2.74. The molecule has 0 atom stereocenters. The Kier molecular flexibility index (Phi) is 4.07. The van der Waals surface area contributed by atoms with Crippen LogP contribution in [0.2, 0.25) is 0 Å². The van der Waals surface area contributed by atoms with Crippen LogP contribution in [0.5, 0.6) is 0 Å². The molecule has 0 N–H and O–H groups in total. The smallest absolute Gasteiger partial charge is 0.143 e. The summed E-state index contributed by atoms with van der Waals surface area (Å²) in [5, 5.41) is 7.42. The van der Waals surface area contributed by atoms with Gasteiger partial charge in [-0.3, -0.25) is 0 Å². The summed E-state index contributed by atoms with van der Waals surface area (Å²) in [6.45, 7) is 4.71. The van der Waals surface area contributed by atoms with Gasteiger partial charge in [0, 0.05) is 47.3 Å². The first-order valence-corrected chi connectivity index (χ1v) is 14.3. The summed E-state index contributed by atoms with van der Waals surface area (Å²) in [6, 6.07) is 40.1. The SMILES string of the molecule is CC1(C)c2ccccc2-c2ccc(-c3cc4c(ccc5c6ccccc6oc54)c4c3sc3ccccc34)cc21. The molecule has 2 heteroatoms. The molecular formula is C37H24OS. The van der Waals surface area contributed by atoms with Crippen molar-refractivity contribution in [3.63, 3.8) is 0 Å². The molecule has 1 nitrogen and oxygen atoms in total. The van der Waals surface area contributed by atoms with Crippen LogP contribution in [0, 0.1) is 0 Å². The minimum atomic E-state index is -0.0376. The van der Waals surface area contributed by atoms with E-state index in [4.69, 9.17) is 4.42 Å². The summed E-state index contributed by atoms with van der Waals surface area (Å²) in [4.78, 5) is 0. The quantitative estimate of drug-likeness (QED) is 0.211. The third-order valence-electron chi connectivity index (χ3n) is 8.88. The second-order valence-electron chi connectivity index (χ2n) is 11.3. The first-order chi connectivity index (χ1) is 19.1. The van der Waals surface area contributed by atoms with E-state index in [1.165, 1.54) is 75.1 Å². The second-order valence-corrected chi connectivity index (χ2v) is 12.3. The Morgan fingerprint density at radius 3 is 2.23 bits per heavy atom. The minimum Gasteiger partial charge on any atom is -0.455 e. The van der Waals surface area contributed by atoms with Crippen molar-refractivity contribution in [1.82, 2.24) is 0 Å². The number of fused-ring (bicyclic) bond motifs is 12. The molecular weight excluding hydrogens is 492 g/mol.